The number of nitrogens with two attached hydrogens (primary N) is 1. The number of halogens is 2. The lowest BCUT2D eigenvalue weighted by atomic mass is 9.90. The second kappa shape index (κ2) is 3.42. The molecule has 0 saturated heterocycles. The molecule has 1 atom stereocenters. The van der Waals surface area contributed by atoms with E-state index in [9.17, 15) is 8.78 Å². The highest BCUT2D eigenvalue weighted by Crippen LogP contribution is 2.24. The van der Waals surface area contributed by atoms with Gasteiger partial charge in [-0.05, 0) is 19.4 Å². The monoisotopic (exact) mass is 185 g/mol. The summed E-state index contributed by atoms with van der Waals surface area (Å²) in [7, 11) is 0. The van der Waals surface area contributed by atoms with Crippen molar-refractivity contribution in [2.45, 2.75) is 25.8 Å². The van der Waals surface area contributed by atoms with Crippen LogP contribution in [0.1, 0.15) is 25.8 Å². The summed E-state index contributed by atoms with van der Waals surface area (Å²) in [5.74, 6) is -1.15. The summed E-state index contributed by atoms with van der Waals surface area (Å²) in [5.41, 5.74) is 5.46. The largest absolute Gasteiger partial charge is 0.322 e. The number of hydrogen-bond donors (Lipinski definition) is 1. The van der Waals surface area contributed by atoms with E-state index in [4.69, 9.17) is 5.73 Å². The van der Waals surface area contributed by atoms with Crippen LogP contribution in [0.4, 0.5) is 8.78 Å². The van der Waals surface area contributed by atoms with E-state index < -0.39 is 17.2 Å². The first-order valence-corrected chi connectivity index (χ1v) is 4.22. The van der Waals surface area contributed by atoms with Gasteiger partial charge in [-0.15, -0.1) is 0 Å². The van der Waals surface area contributed by atoms with Crippen molar-refractivity contribution < 1.29 is 8.78 Å². The van der Waals surface area contributed by atoms with Crippen molar-refractivity contribution in [3.63, 3.8) is 0 Å². The SMILES string of the molecule is CCC(C)(N)c1ccc(F)cc1F. The molecule has 0 aliphatic rings. The van der Waals surface area contributed by atoms with Crippen molar-refractivity contribution in [2.75, 3.05) is 0 Å². The van der Waals surface area contributed by atoms with Crippen LogP contribution in [0.5, 0.6) is 0 Å². The fraction of sp³-hybridized carbons (Fsp3) is 0.400. The molecule has 1 nitrogen and oxygen atoms in total. The molecule has 0 aliphatic heterocycles. The lowest BCUT2D eigenvalue weighted by Crippen LogP contribution is -2.33. The Balaban J connectivity index is 3.16. The van der Waals surface area contributed by atoms with E-state index >= 15 is 0 Å². The Kier molecular flexibility index (Phi) is 2.66. The van der Waals surface area contributed by atoms with Crippen LogP contribution in [-0.4, -0.2) is 0 Å². The second-order valence-electron chi connectivity index (χ2n) is 3.40. The molecule has 1 rings (SSSR count). The molecular formula is C10H13F2N. The Hall–Kier alpha value is -0.960. The number of hydrogen-bond acceptors (Lipinski definition) is 1. The molecule has 72 valence electrons. The summed E-state index contributed by atoms with van der Waals surface area (Å²) in [5, 5.41) is 0. The van der Waals surface area contributed by atoms with E-state index in [1.807, 2.05) is 6.92 Å². The smallest absolute Gasteiger partial charge is 0.131 e. The predicted molar refractivity (Wildman–Crippen MR) is 48.2 cm³/mol. The first-order valence-electron chi connectivity index (χ1n) is 4.22. The van der Waals surface area contributed by atoms with Gasteiger partial charge in [0.05, 0.1) is 0 Å². The van der Waals surface area contributed by atoms with Gasteiger partial charge in [0.15, 0.2) is 0 Å². The molecule has 0 spiro atoms. The van der Waals surface area contributed by atoms with Gasteiger partial charge in [0, 0.05) is 17.2 Å². The fourth-order valence-electron chi connectivity index (χ4n) is 1.14. The molecule has 0 fully saturated rings. The van der Waals surface area contributed by atoms with E-state index in [0.29, 0.717) is 12.0 Å². The number of benzene rings is 1. The third-order valence-electron chi connectivity index (χ3n) is 2.28. The second-order valence-corrected chi connectivity index (χ2v) is 3.40. The third kappa shape index (κ3) is 2.04. The summed E-state index contributed by atoms with van der Waals surface area (Å²) in [6, 6.07) is 3.48. The van der Waals surface area contributed by atoms with Gasteiger partial charge in [0.1, 0.15) is 11.6 Å². The minimum absolute atomic E-state index is 0.358. The summed E-state index contributed by atoms with van der Waals surface area (Å²) < 4.78 is 25.8. The van der Waals surface area contributed by atoms with Crippen molar-refractivity contribution >= 4 is 0 Å². The van der Waals surface area contributed by atoms with Gasteiger partial charge < -0.3 is 5.73 Å². The average molecular weight is 185 g/mol. The van der Waals surface area contributed by atoms with Crippen LogP contribution >= 0.6 is 0 Å². The van der Waals surface area contributed by atoms with Crippen LogP contribution in [0.3, 0.4) is 0 Å². The zero-order valence-electron chi connectivity index (χ0n) is 7.77. The van der Waals surface area contributed by atoms with E-state index in [1.54, 1.807) is 6.92 Å². The quantitative estimate of drug-likeness (QED) is 0.752. The maximum Gasteiger partial charge on any atom is 0.131 e. The lowest BCUT2D eigenvalue weighted by molar-refractivity contribution is 0.442. The molecule has 3 heteroatoms. The highest BCUT2D eigenvalue weighted by atomic mass is 19.1. The van der Waals surface area contributed by atoms with Crippen molar-refractivity contribution in [1.29, 1.82) is 0 Å². The Morgan fingerprint density at radius 3 is 2.46 bits per heavy atom. The Morgan fingerprint density at radius 1 is 1.38 bits per heavy atom. The van der Waals surface area contributed by atoms with Crippen LogP contribution in [0.2, 0.25) is 0 Å². The zero-order chi connectivity index (χ0) is 10.1. The molecule has 0 bridgehead atoms. The first-order chi connectivity index (χ1) is 5.97. The van der Waals surface area contributed by atoms with Crippen LogP contribution < -0.4 is 5.73 Å². The molecular weight excluding hydrogens is 172 g/mol. The van der Waals surface area contributed by atoms with E-state index in [0.717, 1.165) is 6.07 Å². The summed E-state index contributed by atoms with van der Waals surface area (Å²) >= 11 is 0. The molecule has 1 unspecified atom stereocenters. The fourth-order valence-corrected chi connectivity index (χ4v) is 1.14. The van der Waals surface area contributed by atoms with Crippen LogP contribution in [0, 0.1) is 11.6 Å². The summed E-state index contributed by atoms with van der Waals surface area (Å²) in [6.07, 6.45) is 0.607. The molecule has 0 saturated carbocycles. The topological polar surface area (TPSA) is 26.0 Å². The average Bonchev–Trinajstić information content (AvgIpc) is 2.03. The van der Waals surface area contributed by atoms with Gasteiger partial charge in [-0.1, -0.05) is 13.0 Å². The first kappa shape index (κ1) is 10.1. The van der Waals surface area contributed by atoms with E-state index in [2.05, 4.69) is 0 Å². The van der Waals surface area contributed by atoms with Crippen molar-refractivity contribution in [3.05, 3.63) is 35.4 Å². The molecule has 1 aromatic carbocycles. The van der Waals surface area contributed by atoms with E-state index in [-0.39, 0.29) is 0 Å². The highest BCUT2D eigenvalue weighted by Gasteiger charge is 2.22. The molecule has 1 aromatic rings. The predicted octanol–water partition coefficient (Wildman–Crippen LogP) is 2.55. The van der Waals surface area contributed by atoms with Gasteiger partial charge in [0.2, 0.25) is 0 Å². The number of rotatable bonds is 2. The zero-order valence-corrected chi connectivity index (χ0v) is 7.77. The molecule has 13 heavy (non-hydrogen) atoms. The highest BCUT2D eigenvalue weighted by molar-refractivity contribution is 5.25. The van der Waals surface area contributed by atoms with E-state index in [1.165, 1.54) is 12.1 Å². The lowest BCUT2D eigenvalue weighted by Gasteiger charge is -2.23. The normalized spacial score (nSPS) is 15.5. The van der Waals surface area contributed by atoms with Gasteiger partial charge in [0.25, 0.3) is 0 Å². The minimum atomic E-state index is -0.724. The maximum absolute atomic E-state index is 13.2. The van der Waals surface area contributed by atoms with Gasteiger partial charge in [-0.25, -0.2) is 8.78 Å². The van der Waals surface area contributed by atoms with Crippen molar-refractivity contribution in [2.24, 2.45) is 5.73 Å². The van der Waals surface area contributed by atoms with Crippen molar-refractivity contribution in [3.8, 4) is 0 Å². The Morgan fingerprint density at radius 2 is 2.00 bits per heavy atom. The molecule has 2 N–H and O–H groups in total. The maximum atomic E-state index is 13.2. The minimum Gasteiger partial charge on any atom is -0.322 e. The van der Waals surface area contributed by atoms with Crippen molar-refractivity contribution in [1.82, 2.24) is 0 Å². The van der Waals surface area contributed by atoms with Crippen LogP contribution in [0.15, 0.2) is 18.2 Å². The standard InChI is InChI=1S/C10H13F2N/c1-3-10(2,13)8-5-4-7(11)6-9(8)12/h4-6H,3,13H2,1-2H3. The molecule has 0 heterocycles. The molecule has 0 aromatic heterocycles. The molecule has 0 radical (unpaired) electrons. The van der Waals surface area contributed by atoms with Gasteiger partial charge in [-0.2, -0.15) is 0 Å². The molecule has 0 aliphatic carbocycles. The Bertz CT molecular complexity index is 308. The van der Waals surface area contributed by atoms with Crippen LogP contribution in [-0.2, 0) is 5.54 Å². The molecule has 0 amide bonds. The van der Waals surface area contributed by atoms with Gasteiger partial charge >= 0.3 is 0 Å². The summed E-state index contributed by atoms with van der Waals surface area (Å²) in [4.78, 5) is 0. The van der Waals surface area contributed by atoms with Gasteiger partial charge in [-0.3, -0.25) is 0 Å². The van der Waals surface area contributed by atoms with Crippen LogP contribution in [0.25, 0.3) is 0 Å². The summed E-state index contributed by atoms with van der Waals surface area (Å²) in [6.45, 7) is 3.59. The third-order valence-corrected chi connectivity index (χ3v) is 2.28. The Labute approximate surface area is 76.6 Å².